The van der Waals surface area contributed by atoms with E-state index in [1.165, 1.54) is 0 Å². The normalized spacial score (nSPS) is 31.9. The Balaban J connectivity index is 1.88. The average Bonchev–Trinajstić information content (AvgIpc) is 2.93. The highest BCUT2D eigenvalue weighted by Gasteiger charge is 2.51. The minimum Gasteiger partial charge on any atom is -0.481 e. The van der Waals surface area contributed by atoms with Crippen molar-refractivity contribution in [2.45, 2.75) is 12.8 Å². The van der Waals surface area contributed by atoms with Gasteiger partial charge in [-0.05, 0) is 45.3 Å². The summed E-state index contributed by atoms with van der Waals surface area (Å²) in [6.07, 6.45) is 5.66. The maximum atomic E-state index is 12.2. The van der Waals surface area contributed by atoms with E-state index in [0.29, 0.717) is 6.54 Å². The van der Waals surface area contributed by atoms with E-state index in [4.69, 9.17) is 0 Å². The number of hydrogen-bond acceptors (Lipinski definition) is 3. The summed E-state index contributed by atoms with van der Waals surface area (Å²) in [6, 6.07) is 0. The molecular formula is C14H22N2O3. The molecule has 4 atom stereocenters. The fraction of sp³-hybridized carbons (Fsp3) is 0.714. The van der Waals surface area contributed by atoms with Gasteiger partial charge in [0.1, 0.15) is 0 Å². The minimum absolute atomic E-state index is 0.0417. The van der Waals surface area contributed by atoms with E-state index in [-0.39, 0.29) is 23.7 Å². The van der Waals surface area contributed by atoms with Crippen LogP contribution in [-0.4, -0.2) is 49.1 Å². The van der Waals surface area contributed by atoms with Gasteiger partial charge in [0.05, 0.1) is 11.8 Å². The van der Waals surface area contributed by atoms with Crippen LogP contribution in [-0.2, 0) is 9.59 Å². The lowest BCUT2D eigenvalue weighted by Gasteiger charge is -2.24. The van der Waals surface area contributed by atoms with Crippen molar-refractivity contribution in [2.75, 3.05) is 27.2 Å². The third-order valence-corrected chi connectivity index (χ3v) is 4.13. The molecule has 5 heteroatoms. The maximum absolute atomic E-state index is 12.2. The summed E-state index contributed by atoms with van der Waals surface area (Å²) in [5.41, 5.74) is 0. The number of aliphatic carboxylic acids is 1. The van der Waals surface area contributed by atoms with E-state index in [0.717, 1.165) is 19.4 Å². The number of carbonyl (C=O) groups is 2. The van der Waals surface area contributed by atoms with Gasteiger partial charge in [0.25, 0.3) is 0 Å². The first kappa shape index (κ1) is 14.1. The molecule has 0 aromatic heterocycles. The highest BCUT2D eigenvalue weighted by atomic mass is 16.4. The Morgan fingerprint density at radius 3 is 2.47 bits per heavy atom. The van der Waals surface area contributed by atoms with Gasteiger partial charge < -0.3 is 15.3 Å². The first-order valence-corrected chi connectivity index (χ1v) is 6.84. The molecule has 0 aliphatic heterocycles. The molecule has 2 N–H and O–H groups in total. The summed E-state index contributed by atoms with van der Waals surface area (Å²) in [7, 11) is 3.98. The second-order valence-corrected chi connectivity index (χ2v) is 5.79. The molecule has 2 bridgehead atoms. The molecule has 2 aliphatic rings. The standard InChI is InChI=1S/C14H22N2O3/c1-16(2)7-3-6-15-13(17)11-9-4-5-10(8-9)12(11)14(18)19/h4-5,9-12H,3,6-8H2,1-2H3,(H,15,17)(H,18,19)/t9?,10?,11-,12+/m0/s1. The number of carboxylic acid groups (broad SMARTS) is 1. The van der Waals surface area contributed by atoms with Gasteiger partial charge in [-0.1, -0.05) is 12.2 Å². The van der Waals surface area contributed by atoms with Crippen LogP contribution in [0.3, 0.4) is 0 Å². The number of nitrogens with zero attached hydrogens (tertiary/aromatic N) is 1. The molecule has 1 amide bonds. The molecule has 5 nitrogen and oxygen atoms in total. The van der Waals surface area contributed by atoms with Crippen LogP contribution in [0.4, 0.5) is 0 Å². The topological polar surface area (TPSA) is 69.6 Å². The Kier molecular flexibility index (Phi) is 4.24. The number of rotatable bonds is 6. The van der Waals surface area contributed by atoms with E-state index < -0.39 is 11.9 Å². The molecule has 106 valence electrons. The van der Waals surface area contributed by atoms with Crippen LogP contribution in [0.15, 0.2) is 12.2 Å². The number of carbonyl (C=O) groups excluding carboxylic acids is 1. The molecule has 0 spiro atoms. The van der Waals surface area contributed by atoms with Crippen LogP contribution in [0.2, 0.25) is 0 Å². The zero-order valence-electron chi connectivity index (χ0n) is 11.5. The van der Waals surface area contributed by atoms with Crippen molar-refractivity contribution in [3.05, 3.63) is 12.2 Å². The van der Waals surface area contributed by atoms with E-state index in [1.807, 2.05) is 26.2 Å². The number of carboxylic acids is 1. The van der Waals surface area contributed by atoms with E-state index in [9.17, 15) is 14.7 Å². The molecule has 0 saturated heterocycles. The number of amides is 1. The lowest BCUT2D eigenvalue weighted by molar-refractivity contribution is -0.147. The number of hydrogen-bond donors (Lipinski definition) is 2. The molecule has 0 aromatic rings. The number of allylic oxidation sites excluding steroid dienone is 2. The Morgan fingerprint density at radius 1 is 1.26 bits per heavy atom. The SMILES string of the molecule is CN(C)CCCNC(=O)[C@H]1C2C=CC(C2)[C@H]1C(=O)O. The van der Waals surface area contributed by atoms with Gasteiger partial charge in [-0.2, -0.15) is 0 Å². The summed E-state index contributed by atoms with van der Waals surface area (Å²) >= 11 is 0. The summed E-state index contributed by atoms with van der Waals surface area (Å²) in [4.78, 5) is 25.5. The van der Waals surface area contributed by atoms with Crippen molar-refractivity contribution in [3.8, 4) is 0 Å². The van der Waals surface area contributed by atoms with Crippen molar-refractivity contribution in [3.63, 3.8) is 0 Å². The molecule has 0 aromatic carbocycles. The molecule has 0 heterocycles. The summed E-state index contributed by atoms with van der Waals surface area (Å²) in [5.74, 6) is -1.70. The van der Waals surface area contributed by atoms with Crippen LogP contribution < -0.4 is 5.32 Å². The third-order valence-electron chi connectivity index (χ3n) is 4.13. The van der Waals surface area contributed by atoms with Crippen molar-refractivity contribution >= 4 is 11.9 Å². The summed E-state index contributed by atoms with van der Waals surface area (Å²) < 4.78 is 0. The minimum atomic E-state index is -0.842. The van der Waals surface area contributed by atoms with Gasteiger partial charge in [0.15, 0.2) is 0 Å². The third kappa shape index (κ3) is 2.97. The van der Waals surface area contributed by atoms with Crippen LogP contribution >= 0.6 is 0 Å². The second kappa shape index (κ2) is 5.74. The first-order valence-electron chi connectivity index (χ1n) is 6.84. The highest BCUT2D eigenvalue weighted by Crippen LogP contribution is 2.48. The van der Waals surface area contributed by atoms with Crippen molar-refractivity contribution in [1.29, 1.82) is 0 Å². The monoisotopic (exact) mass is 266 g/mol. The van der Waals surface area contributed by atoms with Crippen molar-refractivity contribution in [1.82, 2.24) is 10.2 Å². The fourth-order valence-corrected chi connectivity index (χ4v) is 3.24. The maximum Gasteiger partial charge on any atom is 0.307 e. The van der Waals surface area contributed by atoms with Crippen LogP contribution in [0, 0.1) is 23.7 Å². The van der Waals surface area contributed by atoms with Gasteiger partial charge in [0, 0.05) is 6.54 Å². The van der Waals surface area contributed by atoms with E-state index in [1.54, 1.807) is 0 Å². The van der Waals surface area contributed by atoms with Gasteiger partial charge in [-0.15, -0.1) is 0 Å². The molecule has 0 radical (unpaired) electrons. The average molecular weight is 266 g/mol. The summed E-state index contributed by atoms with van der Waals surface area (Å²) in [6.45, 7) is 1.53. The Hall–Kier alpha value is -1.36. The lowest BCUT2D eigenvalue weighted by atomic mass is 9.82. The smallest absolute Gasteiger partial charge is 0.307 e. The zero-order valence-corrected chi connectivity index (χ0v) is 11.5. The van der Waals surface area contributed by atoms with Gasteiger partial charge in [0.2, 0.25) is 5.91 Å². The molecule has 19 heavy (non-hydrogen) atoms. The second-order valence-electron chi connectivity index (χ2n) is 5.79. The van der Waals surface area contributed by atoms with Crippen molar-refractivity contribution in [2.24, 2.45) is 23.7 Å². The lowest BCUT2D eigenvalue weighted by Crippen LogP contribution is -2.40. The van der Waals surface area contributed by atoms with Crippen molar-refractivity contribution < 1.29 is 14.7 Å². The summed E-state index contributed by atoms with van der Waals surface area (Å²) in [5, 5.41) is 12.2. The molecular weight excluding hydrogens is 244 g/mol. The molecule has 2 rings (SSSR count). The van der Waals surface area contributed by atoms with Crippen LogP contribution in [0.1, 0.15) is 12.8 Å². The number of nitrogens with one attached hydrogen (secondary N) is 1. The van der Waals surface area contributed by atoms with E-state index in [2.05, 4.69) is 10.2 Å². The molecule has 2 aliphatic carbocycles. The fourth-order valence-electron chi connectivity index (χ4n) is 3.24. The zero-order chi connectivity index (χ0) is 14.0. The predicted octanol–water partition coefficient (Wildman–Crippen LogP) is 0.577. The quantitative estimate of drug-likeness (QED) is 0.545. The Morgan fingerprint density at radius 2 is 1.89 bits per heavy atom. The molecule has 2 unspecified atom stereocenters. The van der Waals surface area contributed by atoms with Crippen LogP contribution in [0.25, 0.3) is 0 Å². The first-order chi connectivity index (χ1) is 9.00. The van der Waals surface area contributed by atoms with Gasteiger partial charge in [-0.25, -0.2) is 0 Å². The molecule has 1 saturated carbocycles. The van der Waals surface area contributed by atoms with Gasteiger partial charge in [-0.3, -0.25) is 9.59 Å². The number of fused-ring (bicyclic) bond motifs is 2. The largest absolute Gasteiger partial charge is 0.481 e. The highest BCUT2D eigenvalue weighted by molar-refractivity contribution is 5.86. The Labute approximate surface area is 113 Å². The predicted molar refractivity (Wildman–Crippen MR) is 71.5 cm³/mol. The van der Waals surface area contributed by atoms with E-state index >= 15 is 0 Å². The molecule has 1 fully saturated rings. The Bertz CT molecular complexity index is 392. The van der Waals surface area contributed by atoms with Crippen LogP contribution in [0.5, 0.6) is 0 Å². The van der Waals surface area contributed by atoms with Gasteiger partial charge >= 0.3 is 5.97 Å².